The van der Waals surface area contributed by atoms with Gasteiger partial charge in [-0.15, -0.1) is 0 Å². The van der Waals surface area contributed by atoms with Gasteiger partial charge in [0, 0.05) is 13.1 Å². The van der Waals surface area contributed by atoms with E-state index in [0.29, 0.717) is 25.9 Å². The molecule has 8 nitrogen and oxygen atoms in total. The van der Waals surface area contributed by atoms with Crippen LogP contribution in [0.25, 0.3) is 0 Å². The van der Waals surface area contributed by atoms with E-state index in [-0.39, 0.29) is 11.4 Å². The zero-order valence-electron chi connectivity index (χ0n) is 12.1. The fourth-order valence-corrected chi connectivity index (χ4v) is 3.56. The molecule has 0 spiro atoms. The van der Waals surface area contributed by atoms with E-state index in [1.165, 1.54) is 0 Å². The number of carbonyl (C=O) groups excluding carboxylic acids is 2. The fourth-order valence-electron chi connectivity index (χ4n) is 3.56. The van der Waals surface area contributed by atoms with E-state index < -0.39 is 34.8 Å². The topological polar surface area (TPSA) is 127 Å². The number of primary amides is 2. The highest BCUT2D eigenvalue weighted by Crippen LogP contribution is 2.34. The lowest BCUT2D eigenvalue weighted by Gasteiger charge is -2.32. The summed E-state index contributed by atoms with van der Waals surface area (Å²) < 4.78 is 0. The van der Waals surface area contributed by atoms with Gasteiger partial charge in [-0.1, -0.05) is 0 Å². The Balaban J connectivity index is 2.00. The summed E-state index contributed by atoms with van der Waals surface area (Å²) in [5.41, 5.74) is 9.96. The number of nitrogens with two attached hydrogens (primary N) is 2. The molecular weight excluding hydrogens is 288 g/mol. The number of rotatable bonds is 4. The van der Waals surface area contributed by atoms with E-state index in [1.807, 2.05) is 0 Å². The molecule has 0 saturated carbocycles. The van der Waals surface area contributed by atoms with Crippen LogP contribution in [-0.2, 0) is 9.59 Å². The molecule has 1 aromatic carbocycles. The van der Waals surface area contributed by atoms with Gasteiger partial charge < -0.3 is 21.3 Å². The van der Waals surface area contributed by atoms with Gasteiger partial charge in [0.1, 0.15) is 23.5 Å². The molecule has 8 heteroatoms. The number of nitrogens with zero attached hydrogens (tertiary/aromatic N) is 2. The van der Waals surface area contributed by atoms with Gasteiger partial charge >= 0.3 is 0 Å². The van der Waals surface area contributed by atoms with Crippen LogP contribution >= 0.6 is 0 Å². The molecule has 0 bridgehead atoms. The molecule has 2 aliphatic rings. The van der Waals surface area contributed by atoms with Crippen LogP contribution in [0.5, 0.6) is 0 Å². The zero-order valence-corrected chi connectivity index (χ0v) is 12.1. The molecule has 1 aromatic rings. The molecule has 0 aromatic heterocycles. The number of amides is 2. The van der Waals surface area contributed by atoms with Crippen molar-refractivity contribution in [2.24, 2.45) is 11.5 Å². The second-order valence-corrected chi connectivity index (χ2v) is 5.86. The summed E-state index contributed by atoms with van der Waals surface area (Å²) in [6.45, 7) is 1.00. The summed E-state index contributed by atoms with van der Waals surface area (Å²) >= 11 is 0. The van der Waals surface area contributed by atoms with Crippen molar-refractivity contribution in [2.45, 2.75) is 37.8 Å². The summed E-state index contributed by atoms with van der Waals surface area (Å²) in [7, 11) is 0. The van der Waals surface area contributed by atoms with Crippen LogP contribution < -0.4 is 32.1 Å². The van der Waals surface area contributed by atoms with Crippen molar-refractivity contribution in [1.82, 2.24) is 0 Å². The highest BCUT2D eigenvalue weighted by molar-refractivity contribution is 5.91. The van der Waals surface area contributed by atoms with Crippen LogP contribution in [0.15, 0.2) is 9.59 Å². The van der Waals surface area contributed by atoms with Gasteiger partial charge in [-0.2, -0.15) is 0 Å². The Morgan fingerprint density at radius 3 is 1.50 bits per heavy atom. The molecule has 2 saturated heterocycles. The van der Waals surface area contributed by atoms with Crippen molar-refractivity contribution in [3.63, 3.8) is 0 Å². The summed E-state index contributed by atoms with van der Waals surface area (Å²) in [6.07, 6.45) is 2.58. The molecule has 0 radical (unpaired) electrons. The Hall–Kier alpha value is -2.38. The molecule has 2 unspecified atom stereocenters. The van der Waals surface area contributed by atoms with Crippen molar-refractivity contribution < 1.29 is 9.59 Å². The van der Waals surface area contributed by atoms with Gasteiger partial charge in [0.05, 0.1) is 0 Å². The first kappa shape index (κ1) is 14.6. The van der Waals surface area contributed by atoms with Crippen LogP contribution in [0.3, 0.4) is 0 Å². The SMILES string of the molecule is NC(=O)C1CCCN1c1c(N2CCCC2C(N)=O)c(=O)c1=O. The van der Waals surface area contributed by atoms with E-state index in [0.717, 1.165) is 12.8 Å². The van der Waals surface area contributed by atoms with Crippen molar-refractivity contribution in [3.05, 3.63) is 20.4 Å². The maximum Gasteiger partial charge on any atom is 0.253 e. The number of carbonyl (C=O) groups is 2. The molecule has 118 valence electrons. The molecule has 2 heterocycles. The normalized spacial score (nSPS) is 25.1. The quantitative estimate of drug-likeness (QED) is 0.631. The molecule has 3 rings (SSSR count). The van der Waals surface area contributed by atoms with Crippen LogP contribution in [0, 0.1) is 0 Å². The molecule has 2 aliphatic heterocycles. The molecule has 22 heavy (non-hydrogen) atoms. The van der Waals surface area contributed by atoms with Gasteiger partial charge in [0.25, 0.3) is 10.9 Å². The van der Waals surface area contributed by atoms with Crippen molar-refractivity contribution in [2.75, 3.05) is 22.9 Å². The predicted octanol–water partition coefficient (Wildman–Crippen LogP) is -1.81. The number of anilines is 2. The highest BCUT2D eigenvalue weighted by Gasteiger charge is 2.41. The van der Waals surface area contributed by atoms with Crippen LogP contribution in [0.4, 0.5) is 11.4 Å². The fraction of sp³-hybridized carbons (Fsp3) is 0.571. The second kappa shape index (κ2) is 5.11. The third kappa shape index (κ3) is 1.98. The molecule has 2 atom stereocenters. The predicted molar refractivity (Wildman–Crippen MR) is 80.5 cm³/mol. The van der Waals surface area contributed by atoms with Gasteiger partial charge in [0.15, 0.2) is 0 Å². The highest BCUT2D eigenvalue weighted by atomic mass is 16.2. The molecule has 2 fully saturated rings. The first-order chi connectivity index (χ1) is 10.4. The minimum Gasteiger partial charge on any atom is -0.368 e. The molecule has 4 N–H and O–H groups in total. The van der Waals surface area contributed by atoms with Crippen molar-refractivity contribution >= 4 is 23.2 Å². The minimum atomic E-state index is -0.613. The number of hydrogen-bond donors (Lipinski definition) is 2. The largest absolute Gasteiger partial charge is 0.368 e. The van der Waals surface area contributed by atoms with E-state index in [4.69, 9.17) is 11.5 Å². The monoisotopic (exact) mass is 306 g/mol. The third-order valence-corrected chi connectivity index (χ3v) is 4.60. The smallest absolute Gasteiger partial charge is 0.253 e. The van der Waals surface area contributed by atoms with Gasteiger partial charge in [-0.3, -0.25) is 19.2 Å². The lowest BCUT2D eigenvalue weighted by molar-refractivity contribution is -0.120. The maximum atomic E-state index is 12.0. The van der Waals surface area contributed by atoms with E-state index >= 15 is 0 Å². The average molecular weight is 306 g/mol. The summed E-state index contributed by atoms with van der Waals surface area (Å²) in [6, 6.07) is -1.15. The van der Waals surface area contributed by atoms with E-state index in [9.17, 15) is 19.2 Å². The molecular formula is C14H18N4O4. The van der Waals surface area contributed by atoms with Crippen LogP contribution in [-0.4, -0.2) is 37.0 Å². The minimum absolute atomic E-state index is 0.222. The molecule has 2 amide bonds. The lowest BCUT2D eigenvalue weighted by Crippen LogP contribution is -2.52. The summed E-state index contributed by atoms with van der Waals surface area (Å²) in [5, 5.41) is 0. The zero-order chi connectivity index (χ0) is 16.0. The molecule has 0 aliphatic carbocycles. The lowest BCUT2D eigenvalue weighted by atomic mass is 10.1. The van der Waals surface area contributed by atoms with Crippen molar-refractivity contribution in [1.29, 1.82) is 0 Å². The van der Waals surface area contributed by atoms with Gasteiger partial charge in [-0.25, -0.2) is 0 Å². The summed E-state index contributed by atoms with van der Waals surface area (Å²) in [5.74, 6) is -1.02. The van der Waals surface area contributed by atoms with Gasteiger partial charge in [-0.05, 0) is 25.7 Å². The third-order valence-electron chi connectivity index (χ3n) is 4.60. The summed E-state index contributed by atoms with van der Waals surface area (Å²) in [4.78, 5) is 50.3. The Labute approximate surface area is 126 Å². The van der Waals surface area contributed by atoms with Gasteiger partial charge in [0.2, 0.25) is 11.8 Å². The Kier molecular flexibility index (Phi) is 3.38. The average Bonchev–Trinajstić information content (AvgIpc) is 3.11. The maximum absolute atomic E-state index is 12.0. The Morgan fingerprint density at radius 1 is 0.818 bits per heavy atom. The van der Waals surface area contributed by atoms with E-state index in [2.05, 4.69) is 0 Å². The first-order valence-electron chi connectivity index (χ1n) is 7.38. The van der Waals surface area contributed by atoms with Crippen LogP contribution in [0.1, 0.15) is 25.7 Å². The van der Waals surface area contributed by atoms with E-state index in [1.54, 1.807) is 9.80 Å². The standard InChI is InChI=1S/C14H18N4O4/c15-13(21)7-3-1-5-17(7)9-10(12(20)11(9)19)18-6-2-4-8(18)14(16)22/h7-8H,1-6H2,(H2,15,21)(H2,16,22). The second-order valence-electron chi connectivity index (χ2n) is 5.86. The van der Waals surface area contributed by atoms with Crippen molar-refractivity contribution in [3.8, 4) is 0 Å². The number of hydrogen-bond acceptors (Lipinski definition) is 6. The Bertz CT molecular complexity index is 646. The Morgan fingerprint density at radius 2 is 1.18 bits per heavy atom. The van der Waals surface area contributed by atoms with Crippen LogP contribution in [0.2, 0.25) is 0 Å². The first-order valence-corrected chi connectivity index (χ1v) is 7.38.